The van der Waals surface area contributed by atoms with E-state index in [1.165, 1.54) is 24.0 Å². The molecule has 30 heavy (non-hydrogen) atoms. The summed E-state index contributed by atoms with van der Waals surface area (Å²) in [4.78, 5) is 29.8. The predicted octanol–water partition coefficient (Wildman–Crippen LogP) is 3.32. The van der Waals surface area contributed by atoms with Crippen LogP contribution in [-0.4, -0.2) is 35.0 Å². The Morgan fingerprint density at radius 2 is 2.23 bits per heavy atom. The third kappa shape index (κ3) is 3.45. The molecule has 156 valence electrons. The molecule has 1 N–H and O–H groups in total. The summed E-state index contributed by atoms with van der Waals surface area (Å²) in [7, 11) is 1.45. The van der Waals surface area contributed by atoms with E-state index in [-0.39, 0.29) is 29.1 Å². The average molecular weight is 428 g/mol. The van der Waals surface area contributed by atoms with Gasteiger partial charge in [0.15, 0.2) is 6.29 Å². The normalized spacial score (nSPS) is 18.7. The number of pyridine rings is 1. The fourth-order valence-corrected chi connectivity index (χ4v) is 5.10. The molecular weight excluding hydrogens is 407 g/mol. The Morgan fingerprint density at radius 3 is 2.97 bits per heavy atom. The van der Waals surface area contributed by atoms with Crippen molar-refractivity contribution in [1.82, 2.24) is 4.57 Å². The lowest BCUT2D eigenvalue weighted by atomic mass is 9.97. The number of methoxy groups -OCH3 is 1. The van der Waals surface area contributed by atoms with Crippen molar-refractivity contribution in [3.8, 4) is 0 Å². The van der Waals surface area contributed by atoms with Crippen LogP contribution in [0.3, 0.4) is 0 Å². The van der Waals surface area contributed by atoms with Crippen LogP contribution in [-0.2, 0) is 22.7 Å². The molecule has 2 aromatic rings. The van der Waals surface area contributed by atoms with Gasteiger partial charge in [0, 0.05) is 47.1 Å². The van der Waals surface area contributed by atoms with Gasteiger partial charge in [-0.25, -0.2) is 4.39 Å². The number of hydrogen-bond acceptors (Lipinski definition) is 6. The zero-order chi connectivity index (χ0) is 21.4. The number of aliphatic imine (C=N–C) groups is 1. The molecule has 1 unspecified atom stereocenters. The number of aldehydes is 1. The van der Waals surface area contributed by atoms with Crippen LogP contribution in [0.2, 0.25) is 0 Å². The molecule has 0 bridgehead atoms. The number of carbonyl (C=O) groups excluding carboxylic acids is 1. The Kier molecular flexibility index (Phi) is 5.73. The van der Waals surface area contributed by atoms with Gasteiger partial charge in [-0.05, 0) is 30.5 Å². The van der Waals surface area contributed by atoms with Gasteiger partial charge in [0.25, 0.3) is 5.56 Å². The maximum atomic E-state index is 14.5. The van der Waals surface area contributed by atoms with Crippen LogP contribution < -0.4 is 5.56 Å². The smallest absolute Gasteiger partial charge is 0.257 e. The number of carbonyl (C=O) groups is 1. The van der Waals surface area contributed by atoms with Crippen molar-refractivity contribution in [3.05, 3.63) is 62.3 Å². The van der Waals surface area contributed by atoms with Crippen molar-refractivity contribution >= 4 is 35.5 Å². The quantitative estimate of drug-likeness (QED) is 0.756. The van der Waals surface area contributed by atoms with Crippen LogP contribution in [0.1, 0.15) is 40.5 Å². The van der Waals surface area contributed by atoms with Gasteiger partial charge >= 0.3 is 0 Å². The number of aliphatic hydroxyl groups excluding tert-OH is 1. The summed E-state index contributed by atoms with van der Waals surface area (Å²) in [5.41, 5.74) is 3.54. The number of fused-ring (bicyclic) bond motifs is 1. The summed E-state index contributed by atoms with van der Waals surface area (Å²) >= 11 is 1.61. The average Bonchev–Trinajstić information content (AvgIpc) is 2.82. The van der Waals surface area contributed by atoms with Crippen molar-refractivity contribution in [2.75, 3.05) is 12.9 Å². The van der Waals surface area contributed by atoms with Gasteiger partial charge in [0.2, 0.25) is 0 Å². The number of ether oxygens (including phenoxy) is 1. The van der Waals surface area contributed by atoms with E-state index in [0.29, 0.717) is 29.8 Å². The van der Waals surface area contributed by atoms with E-state index >= 15 is 0 Å². The highest BCUT2D eigenvalue weighted by molar-refractivity contribution is 7.99. The second-order valence-corrected chi connectivity index (χ2v) is 8.33. The Labute approximate surface area is 177 Å². The number of aromatic nitrogens is 1. The maximum absolute atomic E-state index is 14.5. The van der Waals surface area contributed by atoms with Gasteiger partial charge in [-0.3, -0.25) is 9.79 Å². The van der Waals surface area contributed by atoms with E-state index in [4.69, 9.17) is 4.74 Å². The van der Waals surface area contributed by atoms with E-state index in [0.717, 1.165) is 28.2 Å². The molecule has 6 nitrogen and oxygen atoms in total. The molecule has 0 amide bonds. The Morgan fingerprint density at radius 1 is 1.43 bits per heavy atom. The molecule has 2 aliphatic rings. The molecule has 0 radical (unpaired) electrons. The molecule has 0 saturated heterocycles. The molecule has 3 heterocycles. The van der Waals surface area contributed by atoms with Crippen molar-refractivity contribution < 1.29 is 19.0 Å². The zero-order valence-corrected chi connectivity index (χ0v) is 17.5. The van der Waals surface area contributed by atoms with Gasteiger partial charge < -0.3 is 19.2 Å². The third-order valence-corrected chi connectivity index (χ3v) is 6.65. The van der Waals surface area contributed by atoms with E-state index in [1.54, 1.807) is 24.8 Å². The fraction of sp³-hybridized carbons (Fsp3) is 0.318. The van der Waals surface area contributed by atoms with Gasteiger partial charge in [0.1, 0.15) is 11.9 Å². The zero-order valence-electron chi connectivity index (χ0n) is 16.6. The number of rotatable bonds is 4. The minimum absolute atomic E-state index is 0.0293. The van der Waals surface area contributed by atoms with E-state index in [2.05, 4.69) is 4.99 Å². The fourth-order valence-electron chi connectivity index (χ4n) is 3.88. The monoisotopic (exact) mass is 428 g/mol. The number of aliphatic hydroxyl groups is 1. The van der Waals surface area contributed by atoms with Crippen LogP contribution in [0, 0.1) is 12.7 Å². The van der Waals surface area contributed by atoms with Crippen LogP contribution in [0.5, 0.6) is 0 Å². The minimum Gasteiger partial charge on any atom is -0.381 e. The number of halogens is 1. The number of hydrogen-bond donors (Lipinski definition) is 1. The first-order valence-corrected chi connectivity index (χ1v) is 10.5. The molecule has 0 saturated carbocycles. The van der Waals surface area contributed by atoms with Crippen molar-refractivity contribution in [2.24, 2.45) is 4.99 Å². The van der Waals surface area contributed by atoms with E-state index in [1.807, 2.05) is 6.08 Å². The highest BCUT2D eigenvalue weighted by Gasteiger charge is 2.24. The molecule has 0 fully saturated rings. The standard InChI is InChI=1S/C22H21FN2O4S/c1-12-17(23)8-18-20-13(4-6-30-21(12)20)3-5-25-14(9-24-18)7-15(19(27)10-26)16(11-29-2)22(25)28/h3,7-10,19,27H,4-6,11H2,1-2H3/b13-3+,24-9+. The lowest BCUT2D eigenvalue weighted by Crippen LogP contribution is -2.29. The SMILES string of the molecule is COCc1c(C(O)C=O)cc2n(c1=O)C/C=C1\CCSc3c(C)c(F)cc(c31)/N=C/2. The minimum atomic E-state index is -1.45. The molecule has 1 aromatic heterocycles. The van der Waals surface area contributed by atoms with E-state index < -0.39 is 6.10 Å². The second-order valence-electron chi connectivity index (χ2n) is 7.23. The Balaban J connectivity index is 1.97. The van der Waals surface area contributed by atoms with Crippen molar-refractivity contribution in [3.63, 3.8) is 0 Å². The Hall–Kier alpha value is -2.55. The van der Waals surface area contributed by atoms with Crippen molar-refractivity contribution in [2.45, 2.75) is 37.5 Å². The number of benzene rings is 1. The largest absolute Gasteiger partial charge is 0.381 e. The molecule has 1 aromatic carbocycles. The van der Waals surface area contributed by atoms with Crippen molar-refractivity contribution in [1.29, 1.82) is 0 Å². The van der Waals surface area contributed by atoms with Crippen LogP contribution in [0.15, 0.2) is 32.9 Å². The summed E-state index contributed by atoms with van der Waals surface area (Å²) in [5.74, 6) is 0.506. The summed E-state index contributed by atoms with van der Waals surface area (Å²) in [5, 5.41) is 10.1. The molecule has 1 atom stereocenters. The highest BCUT2D eigenvalue weighted by Crippen LogP contribution is 2.45. The topological polar surface area (TPSA) is 80.9 Å². The summed E-state index contributed by atoms with van der Waals surface area (Å²) in [6.07, 6.45) is 3.18. The predicted molar refractivity (Wildman–Crippen MR) is 114 cm³/mol. The van der Waals surface area contributed by atoms with Gasteiger partial charge in [-0.2, -0.15) is 0 Å². The van der Waals surface area contributed by atoms with Gasteiger partial charge in [-0.15, -0.1) is 11.8 Å². The highest BCUT2D eigenvalue weighted by atomic mass is 32.2. The summed E-state index contributed by atoms with van der Waals surface area (Å²) in [6.45, 7) is 2.03. The van der Waals surface area contributed by atoms with E-state index in [9.17, 15) is 19.1 Å². The third-order valence-electron chi connectivity index (χ3n) is 5.44. The first-order chi connectivity index (χ1) is 14.5. The molecule has 2 aliphatic heterocycles. The van der Waals surface area contributed by atoms with Crippen LogP contribution in [0.25, 0.3) is 5.57 Å². The lowest BCUT2D eigenvalue weighted by Gasteiger charge is -2.22. The first kappa shape index (κ1) is 20.7. The molecule has 0 aliphatic carbocycles. The number of allylic oxidation sites excluding steroid dienone is 2. The summed E-state index contributed by atoms with van der Waals surface area (Å²) in [6, 6.07) is 2.98. The lowest BCUT2D eigenvalue weighted by molar-refractivity contribution is -0.115. The molecule has 8 heteroatoms. The number of thioether (sulfide) groups is 1. The Bertz CT molecular complexity index is 1150. The van der Waals surface area contributed by atoms with Gasteiger partial charge in [0.05, 0.1) is 24.2 Å². The van der Waals surface area contributed by atoms with Crippen LogP contribution in [0.4, 0.5) is 10.1 Å². The maximum Gasteiger partial charge on any atom is 0.257 e. The van der Waals surface area contributed by atoms with Crippen LogP contribution >= 0.6 is 11.8 Å². The molecule has 0 spiro atoms. The van der Waals surface area contributed by atoms with Gasteiger partial charge in [-0.1, -0.05) is 6.08 Å². The first-order valence-electron chi connectivity index (χ1n) is 9.54. The molecule has 4 rings (SSSR count). The number of nitrogens with zero attached hydrogens (tertiary/aromatic N) is 2. The second kappa shape index (κ2) is 8.29. The summed E-state index contributed by atoms with van der Waals surface area (Å²) < 4.78 is 21.2. The molecular formula is C22H21FN2O4S.